The van der Waals surface area contributed by atoms with Gasteiger partial charge in [-0.25, -0.2) is 0 Å². The standard InChI is InChI=1S/C17H17Cl3O/c1-9(2)12-6-5-10(3)15-13(8-12)11(4)7-14(15)16(21)17(18,19)20/h5-9H,1-4H3. The number of carbonyl (C=O) groups is 1. The van der Waals surface area contributed by atoms with Crippen LogP contribution in [-0.2, 0) is 0 Å². The second-order valence-electron chi connectivity index (χ2n) is 5.67. The van der Waals surface area contributed by atoms with Crippen molar-refractivity contribution in [3.8, 4) is 11.1 Å². The Morgan fingerprint density at radius 1 is 1.05 bits per heavy atom. The first-order valence-corrected chi connectivity index (χ1v) is 7.91. The monoisotopic (exact) mass is 342 g/mol. The van der Waals surface area contributed by atoms with Gasteiger partial charge >= 0.3 is 0 Å². The molecule has 0 N–H and O–H groups in total. The molecule has 1 nitrogen and oxygen atoms in total. The van der Waals surface area contributed by atoms with Gasteiger partial charge < -0.3 is 0 Å². The molecule has 0 spiro atoms. The van der Waals surface area contributed by atoms with Crippen LogP contribution in [0.2, 0.25) is 0 Å². The zero-order valence-corrected chi connectivity index (χ0v) is 14.7. The summed E-state index contributed by atoms with van der Waals surface area (Å²) in [5, 5.41) is 0. The van der Waals surface area contributed by atoms with E-state index in [2.05, 4.69) is 26.0 Å². The summed E-state index contributed by atoms with van der Waals surface area (Å²) < 4.78 is -1.94. The number of alkyl halides is 3. The fourth-order valence-electron chi connectivity index (χ4n) is 2.53. The SMILES string of the molecule is Cc1cc(C(=O)C(Cl)(Cl)Cl)c2c(C)ccc(C(C)C)cc1-2. The molecule has 0 fully saturated rings. The number of hydrogen-bond acceptors (Lipinski definition) is 1. The zero-order valence-electron chi connectivity index (χ0n) is 12.4. The lowest BCUT2D eigenvalue weighted by atomic mass is 10.00. The molecule has 0 amide bonds. The summed E-state index contributed by atoms with van der Waals surface area (Å²) in [4.78, 5) is 12.4. The van der Waals surface area contributed by atoms with Crippen LogP contribution in [0, 0.1) is 13.8 Å². The van der Waals surface area contributed by atoms with E-state index in [0.717, 1.165) is 22.3 Å². The summed E-state index contributed by atoms with van der Waals surface area (Å²) in [5.41, 5.74) is 5.63. The van der Waals surface area contributed by atoms with Gasteiger partial charge in [-0.3, -0.25) is 4.79 Å². The van der Waals surface area contributed by atoms with E-state index in [0.29, 0.717) is 11.5 Å². The molecule has 0 unspecified atom stereocenters. The lowest BCUT2D eigenvalue weighted by Crippen LogP contribution is -2.18. The lowest BCUT2D eigenvalue weighted by Gasteiger charge is -2.10. The van der Waals surface area contributed by atoms with Crippen molar-refractivity contribution in [2.75, 3.05) is 0 Å². The van der Waals surface area contributed by atoms with Gasteiger partial charge in [0.15, 0.2) is 0 Å². The van der Waals surface area contributed by atoms with Gasteiger partial charge in [-0.1, -0.05) is 66.8 Å². The lowest BCUT2D eigenvalue weighted by molar-refractivity contribution is 0.0997. The number of halogens is 3. The zero-order chi connectivity index (χ0) is 15.9. The van der Waals surface area contributed by atoms with Gasteiger partial charge in [0.05, 0.1) is 0 Å². The highest BCUT2D eigenvalue weighted by Gasteiger charge is 2.35. The van der Waals surface area contributed by atoms with E-state index in [-0.39, 0.29) is 0 Å². The van der Waals surface area contributed by atoms with Gasteiger partial charge in [-0.05, 0) is 53.6 Å². The second-order valence-corrected chi connectivity index (χ2v) is 7.95. The highest BCUT2D eigenvalue weighted by molar-refractivity contribution is 6.77. The van der Waals surface area contributed by atoms with Gasteiger partial charge in [0, 0.05) is 5.56 Å². The molecular weight excluding hydrogens is 327 g/mol. The summed E-state index contributed by atoms with van der Waals surface area (Å²) in [7, 11) is 0. The largest absolute Gasteiger partial charge is 0.289 e. The predicted molar refractivity (Wildman–Crippen MR) is 91.2 cm³/mol. The van der Waals surface area contributed by atoms with Gasteiger partial charge in [0.1, 0.15) is 0 Å². The van der Waals surface area contributed by atoms with E-state index in [1.165, 1.54) is 5.56 Å². The maximum atomic E-state index is 12.4. The molecule has 0 aromatic carbocycles. The van der Waals surface area contributed by atoms with Crippen LogP contribution in [0.4, 0.5) is 0 Å². The van der Waals surface area contributed by atoms with Crippen LogP contribution in [0.5, 0.6) is 0 Å². The van der Waals surface area contributed by atoms with Crippen molar-refractivity contribution >= 4 is 40.6 Å². The Kier molecular flexibility index (Phi) is 4.58. The molecule has 0 atom stereocenters. The topological polar surface area (TPSA) is 17.1 Å². The van der Waals surface area contributed by atoms with E-state index < -0.39 is 9.58 Å². The van der Waals surface area contributed by atoms with Crippen molar-refractivity contribution < 1.29 is 4.79 Å². The Morgan fingerprint density at radius 3 is 2.19 bits per heavy atom. The molecule has 2 aliphatic rings. The molecule has 0 saturated carbocycles. The van der Waals surface area contributed by atoms with Crippen molar-refractivity contribution in [2.45, 2.75) is 37.4 Å². The molecule has 0 heterocycles. The Labute approximate surface area is 140 Å². The van der Waals surface area contributed by atoms with E-state index in [4.69, 9.17) is 34.8 Å². The highest BCUT2D eigenvalue weighted by Crippen LogP contribution is 2.40. The van der Waals surface area contributed by atoms with Crippen LogP contribution in [-0.4, -0.2) is 9.58 Å². The Bertz CT molecular complexity index is 669. The first-order valence-electron chi connectivity index (χ1n) is 6.78. The van der Waals surface area contributed by atoms with Gasteiger partial charge in [0.2, 0.25) is 5.78 Å². The van der Waals surface area contributed by atoms with Gasteiger partial charge in [0.25, 0.3) is 3.79 Å². The Hall–Kier alpha value is -0.760. The molecule has 0 aromatic heterocycles. The third-order valence-corrected chi connectivity index (χ3v) is 4.24. The minimum atomic E-state index is -1.94. The summed E-state index contributed by atoms with van der Waals surface area (Å²) in [6, 6.07) is 8.04. The van der Waals surface area contributed by atoms with E-state index in [1.807, 2.05) is 26.0 Å². The first-order chi connectivity index (χ1) is 9.62. The second kappa shape index (κ2) is 5.79. The van der Waals surface area contributed by atoms with Crippen LogP contribution >= 0.6 is 34.8 Å². The molecule has 21 heavy (non-hydrogen) atoms. The van der Waals surface area contributed by atoms with Crippen LogP contribution in [0.1, 0.15) is 46.8 Å². The highest BCUT2D eigenvalue weighted by atomic mass is 35.6. The van der Waals surface area contributed by atoms with Crippen LogP contribution < -0.4 is 0 Å². The average Bonchev–Trinajstić information content (AvgIpc) is 2.56. The van der Waals surface area contributed by atoms with Gasteiger partial charge in [-0.15, -0.1) is 0 Å². The molecule has 0 radical (unpaired) electrons. The molecule has 2 aliphatic carbocycles. The molecular formula is C17H17Cl3O. The normalized spacial score (nSPS) is 12.2. The minimum absolute atomic E-state index is 0.404. The predicted octanol–water partition coefficient (Wildman–Crippen LogP) is 6.08. The molecule has 112 valence electrons. The molecule has 0 aromatic rings. The van der Waals surface area contributed by atoms with Crippen LogP contribution in [0.25, 0.3) is 11.1 Å². The molecule has 4 heteroatoms. The smallest absolute Gasteiger partial charge is 0.253 e. The number of Topliss-reactive ketones (excluding diaryl/α,β-unsaturated/α-hetero) is 1. The maximum Gasteiger partial charge on any atom is 0.253 e. The molecule has 2 rings (SSSR count). The Morgan fingerprint density at radius 2 is 1.67 bits per heavy atom. The summed E-state index contributed by atoms with van der Waals surface area (Å²) in [6.07, 6.45) is 0. The maximum absolute atomic E-state index is 12.4. The molecule has 0 bridgehead atoms. The van der Waals surface area contributed by atoms with Crippen molar-refractivity contribution in [2.24, 2.45) is 0 Å². The number of aryl methyl sites for hydroxylation is 2. The fraction of sp³-hybridized carbons (Fsp3) is 0.353. The summed E-state index contributed by atoms with van der Waals surface area (Å²) in [6.45, 7) is 8.23. The first kappa shape index (κ1) is 16.6. The van der Waals surface area contributed by atoms with Crippen LogP contribution in [0.3, 0.4) is 0 Å². The number of rotatable bonds is 2. The number of ketones is 1. The number of carbonyl (C=O) groups excluding carboxylic acids is 1. The third kappa shape index (κ3) is 3.21. The quantitative estimate of drug-likeness (QED) is 0.476. The third-order valence-electron chi connectivity index (χ3n) is 3.72. The van der Waals surface area contributed by atoms with Crippen molar-refractivity contribution in [3.05, 3.63) is 46.5 Å². The number of hydrogen-bond donors (Lipinski definition) is 0. The van der Waals surface area contributed by atoms with Crippen molar-refractivity contribution in [1.82, 2.24) is 0 Å². The van der Waals surface area contributed by atoms with Crippen LogP contribution in [0.15, 0.2) is 24.3 Å². The van der Waals surface area contributed by atoms with Gasteiger partial charge in [-0.2, -0.15) is 0 Å². The van der Waals surface area contributed by atoms with E-state index in [1.54, 1.807) is 0 Å². The number of fused-ring (bicyclic) bond motifs is 1. The molecule has 0 aliphatic heterocycles. The average molecular weight is 344 g/mol. The summed E-state index contributed by atoms with van der Waals surface area (Å²) in [5.74, 6) is -0.0763. The minimum Gasteiger partial charge on any atom is -0.289 e. The fourth-order valence-corrected chi connectivity index (χ4v) is 2.84. The van der Waals surface area contributed by atoms with E-state index in [9.17, 15) is 4.79 Å². The van der Waals surface area contributed by atoms with Crippen molar-refractivity contribution in [1.29, 1.82) is 0 Å². The van der Waals surface area contributed by atoms with Crippen molar-refractivity contribution in [3.63, 3.8) is 0 Å². The molecule has 0 saturated heterocycles. The Balaban J connectivity index is 2.74. The summed E-state index contributed by atoms with van der Waals surface area (Å²) >= 11 is 17.3. The van der Waals surface area contributed by atoms with E-state index >= 15 is 0 Å².